The molecule has 14 heavy (non-hydrogen) atoms. The van der Waals surface area contributed by atoms with E-state index in [2.05, 4.69) is 15.3 Å². The van der Waals surface area contributed by atoms with Crippen LogP contribution in [0.3, 0.4) is 0 Å². The average molecular weight is 196 g/mol. The third-order valence-corrected chi connectivity index (χ3v) is 1.89. The Kier molecular flexibility index (Phi) is 3.64. The number of aryl methyl sites for hydroxylation is 1. The van der Waals surface area contributed by atoms with Gasteiger partial charge < -0.3 is 16.0 Å². The van der Waals surface area contributed by atoms with Crippen molar-refractivity contribution >= 4 is 5.82 Å². The highest BCUT2D eigenvalue weighted by molar-refractivity contribution is 5.32. The predicted octanol–water partition coefficient (Wildman–Crippen LogP) is 0.0850. The Balaban J connectivity index is 2.63. The third-order valence-electron chi connectivity index (χ3n) is 1.89. The van der Waals surface area contributed by atoms with Gasteiger partial charge in [-0.15, -0.1) is 0 Å². The summed E-state index contributed by atoms with van der Waals surface area (Å²) in [5.74, 6) is 1.59. The molecule has 5 nitrogen and oxygen atoms in total. The van der Waals surface area contributed by atoms with Crippen LogP contribution >= 0.6 is 0 Å². The summed E-state index contributed by atoms with van der Waals surface area (Å²) in [7, 11) is 0. The van der Waals surface area contributed by atoms with E-state index < -0.39 is 0 Å². The Hall–Kier alpha value is -1.36. The summed E-state index contributed by atoms with van der Waals surface area (Å²) in [6.45, 7) is 5.13. The molecule has 1 rings (SSSR count). The van der Waals surface area contributed by atoms with Crippen molar-refractivity contribution in [1.82, 2.24) is 9.97 Å². The van der Waals surface area contributed by atoms with Crippen LogP contribution in [0.4, 0.5) is 5.82 Å². The molecule has 5 heteroatoms. The zero-order chi connectivity index (χ0) is 10.6. The fourth-order valence-electron chi connectivity index (χ4n) is 1.03. The van der Waals surface area contributed by atoms with Crippen molar-refractivity contribution in [2.45, 2.75) is 13.8 Å². The molecule has 4 N–H and O–H groups in total. The number of nitrogens with one attached hydrogen (secondary N) is 2. The van der Waals surface area contributed by atoms with Gasteiger partial charge in [0.1, 0.15) is 11.6 Å². The first-order valence-corrected chi connectivity index (χ1v) is 4.63. The largest absolute Gasteiger partial charge is 0.370 e. The van der Waals surface area contributed by atoms with Gasteiger partial charge in [0.05, 0.1) is 0 Å². The molecule has 0 bridgehead atoms. The van der Waals surface area contributed by atoms with Gasteiger partial charge in [-0.25, -0.2) is 4.98 Å². The molecule has 0 aromatic carbocycles. The summed E-state index contributed by atoms with van der Waals surface area (Å²) in [5, 5.41) is 3.07. The van der Waals surface area contributed by atoms with Crippen molar-refractivity contribution in [2.75, 3.05) is 18.4 Å². The number of rotatable bonds is 4. The van der Waals surface area contributed by atoms with Gasteiger partial charge in [-0.3, -0.25) is 4.79 Å². The second kappa shape index (κ2) is 4.76. The summed E-state index contributed by atoms with van der Waals surface area (Å²) < 4.78 is 0. The predicted molar refractivity (Wildman–Crippen MR) is 56.3 cm³/mol. The number of nitrogens with zero attached hydrogens (tertiary/aromatic N) is 1. The van der Waals surface area contributed by atoms with Gasteiger partial charge in [0.25, 0.3) is 5.56 Å². The van der Waals surface area contributed by atoms with Gasteiger partial charge in [0, 0.05) is 12.6 Å². The van der Waals surface area contributed by atoms with Crippen molar-refractivity contribution in [2.24, 2.45) is 11.7 Å². The van der Waals surface area contributed by atoms with Gasteiger partial charge in [0.2, 0.25) is 0 Å². The summed E-state index contributed by atoms with van der Waals surface area (Å²) in [6, 6.07) is 1.44. The quantitative estimate of drug-likeness (QED) is 0.637. The molecule has 0 radical (unpaired) electrons. The van der Waals surface area contributed by atoms with E-state index in [-0.39, 0.29) is 5.56 Å². The normalized spacial score (nSPS) is 12.5. The van der Waals surface area contributed by atoms with Crippen molar-refractivity contribution in [3.8, 4) is 0 Å². The Bertz CT molecular complexity index is 347. The Morgan fingerprint density at radius 2 is 2.43 bits per heavy atom. The van der Waals surface area contributed by atoms with Crippen molar-refractivity contribution in [3.63, 3.8) is 0 Å². The third kappa shape index (κ3) is 3.18. The Morgan fingerprint density at radius 3 is 3.00 bits per heavy atom. The molecule has 0 amide bonds. The van der Waals surface area contributed by atoms with E-state index in [1.807, 2.05) is 6.92 Å². The van der Waals surface area contributed by atoms with Crippen LogP contribution in [0.15, 0.2) is 10.9 Å². The molecular formula is C9H16N4O. The minimum Gasteiger partial charge on any atom is -0.370 e. The molecule has 0 aliphatic carbocycles. The first-order chi connectivity index (χ1) is 6.61. The molecular weight excluding hydrogens is 180 g/mol. The zero-order valence-corrected chi connectivity index (χ0v) is 8.50. The van der Waals surface area contributed by atoms with Crippen molar-refractivity contribution in [3.05, 3.63) is 22.2 Å². The van der Waals surface area contributed by atoms with Gasteiger partial charge in [0.15, 0.2) is 0 Å². The zero-order valence-electron chi connectivity index (χ0n) is 8.50. The number of aromatic nitrogens is 2. The second-order valence-electron chi connectivity index (χ2n) is 3.44. The monoisotopic (exact) mass is 196 g/mol. The van der Waals surface area contributed by atoms with Crippen molar-refractivity contribution in [1.29, 1.82) is 0 Å². The molecule has 0 saturated heterocycles. The van der Waals surface area contributed by atoms with Crippen LogP contribution in [0.2, 0.25) is 0 Å². The maximum absolute atomic E-state index is 11.1. The molecule has 1 unspecified atom stereocenters. The van der Waals surface area contributed by atoms with E-state index in [0.717, 1.165) is 6.54 Å². The summed E-state index contributed by atoms with van der Waals surface area (Å²) in [6.07, 6.45) is 0. The van der Waals surface area contributed by atoms with Gasteiger partial charge in [-0.05, 0) is 19.4 Å². The van der Waals surface area contributed by atoms with E-state index in [0.29, 0.717) is 24.1 Å². The molecule has 78 valence electrons. The topological polar surface area (TPSA) is 83.8 Å². The highest BCUT2D eigenvalue weighted by Crippen LogP contribution is 1.99. The maximum atomic E-state index is 11.1. The van der Waals surface area contributed by atoms with Gasteiger partial charge in [-0.2, -0.15) is 0 Å². The average Bonchev–Trinajstić information content (AvgIpc) is 2.12. The van der Waals surface area contributed by atoms with E-state index >= 15 is 0 Å². The number of H-pyrrole nitrogens is 1. The number of hydrogen-bond acceptors (Lipinski definition) is 4. The lowest BCUT2D eigenvalue weighted by Crippen LogP contribution is -2.21. The van der Waals surface area contributed by atoms with Crippen LogP contribution in [0.1, 0.15) is 12.7 Å². The molecule has 0 saturated carbocycles. The molecule has 0 aliphatic heterocycles. The number of aromatic amines is 1. The molecule has 0 spiro atoms. The lowest BCUT2D eigenvalue weighted by molar-refractivity contribution is 0.626. The van der Waals surface area contributed by atoms with Crippen molar-refractivity contribution < 1.29 is 0 Å². The highest BCUT2D eigenvalue weighted by Gasteiger charge is 2.00. The molecule has 1 aromatic rings. The second-order valence-corrected chi connectivity index (χ2v) is 3.44. The van der Waals surface area contributed by atoms with Crippen LogP contribution in [0.5, 0.6) is 0 Å². The minimum absolute atomic E-state index is 0.139. The van der Waals surface area contributed by atoms with E-state index in [1.165, 1.54) is 6.07 Å². The van der Waals surface area contributed by atoms with Crippen LogP contribution in [0, 0.1) is 12.8 Å². The maximum Gasteiger partial charge on any atom is 0.252 e. The number of hydrogen-bond donors (Lipinski definition) is 3. The van der Waals surface area contributed by atoms with Gasteiger partial charge >= 0.3 is 0 Å². The number of anilines is 1. The van der Waals surface area contributed by atoms with E-state index in [4.69, 9.17) is 5.73 Å². The summed E-state index contributed by atoms with van der Waals surface area (Å²) in [5.41, 5.74) is 5.33. The Labute approximate surface area is 82.7 Å². The van der Waals surface area contributed by atoms with Crippen LogP contribution in [-0.4, -0.2) is 23.1 Å². The number of nitrogens with two attached hydrogens (primary N) is 1. The van der Waals surface area contributed by atoms with E-state index in [1.54, 1.807) is 6.92 Å². The summed E-state index contributed by atoms with van der Waals surface area (Å²) in [4.78, 5) is 17.8. The fraction of sp³-hybridized carbons (Fsp3) is 0.556. The first kappa shape index (κ1) is 10.7. The van der Waals surface area contributed by atoms with Crippen LogP contribution < -0.4 is 16.6 Å². The first-order valence-electron chi connectivity index (χ1n) is 4.63. The van der Waals surface area contributed by atoms with Crippen LogP contribution in [0.25, 0.3) is 0 Å². The lowest BCUT2D eigenvalue weighted by atomic mass is 10.2. The summed E-state index contributed by atoms with van der Waals surface area (Å²) >= 11 is 0. The Morgan fingerprint density at radius 1 is 1.71 bits per heavy atom. The van der Waals surface area contributed by atoms with Crippen LogP contribution in [-0.2, 0) is 0 Å². The molecule has 1 aromatic heterocycles. The molecule has 0 aliphatic rings. The fourth-order valence-corrected chi connectivity index (χ4v) is 1.03. The smallest absolute Gasteiger partial charge is 0.252 e. The minimum atomic E-state index is -0.139. The van der Waals surface area contributed by atoms with E-state index in [9.17, 15) is 4.79 Å². The highest BCUT2D eigenvalue weighted by atomic mass is 16.1. The standard InChI is InChI=1S/C9H16N4O/c1-6(4-10)5-11-8-3-9(14)13-7(2)12-8/h3,6H,4-5,10H2,1-2H3,(H2,11,12,13,14). The SMILES string of the molecule is Cc1nc(NCC(C)CN)cc(=O)[nH]1. The molecule has 1 atom stereocenters. The molecule has 0 fully saturated rings. The lowest BCUT2D eigenvalue weighted by Gasteiger charge is -2.10. The van der Waals surface area contributed by atoms with Gasteiger partial charge in [-0.1, -0.05) is 6.92 Å². The molecule has 1 heterocycles.